The summed E-state index contributed by atoms with van der Waals surface area (Å²) in [4.78, 5) is 22.9. The first kappa shape index (κ1) is 12.6. The predicted octanol–water partition coefficient (Wildman–Crippen LogP) is 1.86. The molecule has 1 saturated heterocycles. The Hall–Kier alpha value is -1.84. The quantitative estimate of drug-likeness (QED) is 0.852. The van der Waals surface area contributed by atoms with Crippen LogP contribution in [0.5, 0.6) is 0 Å². The number of amides is 2. The maximum atomic E-state index is 11.8. The fourth-order valence-corrected chi connectivity index (χ4v) is 2.08. The van der Waals surface area contributed by atoms with Crippen LogP contribution >= 0.6 is 0 Å². The van der Waals surface area contributed by atoms with Crippen LogP contribution in [0.25, 0.3) is 0 Å². The summed E-state index contributed by atoms with van der Waals surface area (Å²) in [6.07, 6.45) is 3.18. The molecule has 0 aromatic heterocycles. The lowest BCUT2D eigenvalue weighted by molar-refractivity contribution is -0.122. The van der Waals surface area contributed by atoms with Gasteiger partial charge in [0.2, 0.25) is 11.8 Å². The SMILES string of the molecule is CCCc1ccc(NC(=O)C2CCC(=O)N2)cc1. The molecule has 1 atom stereocenters. The molecule has 1 aromatic rings. The molecule has 2 rings (SSSR count). The minimum absolute atomic E-state index is 0.0477. The van der Waals surface area contributed by atoms with Crippen molar-refractivity contribution in [3.05, 3.63) is 29.8 Å². The van der Waals surface area contributed by atoms with E-state index in [-0.39, 0.29) is 17.9 Å². The van der Waals surface area contributed by atoms with E-state index in [0.29, 0.717) is 12.8 Å². The zero-order chi connectivity index (χ0) is 13.0. The Balaban J connectivity index is 1.92. The van der Waals surface area contributed by atoms with Crippen molar-refractivity contribution in [1.29, 1.82) is 0 Å². The summed E-state index contributed by atoms with van der Waals surface area (Å²) in [6, 6.07) is 7.46. The number of carbonyl (C=O) groups is 2. The number of rotatable bonds is 4. The van der Waals surface area contributed by atoms with Gasteiger partial charge < -0.3 is 10.6 Å². The molecule has 4 nitrogen and oxygen atoms in total. The number of hydrogen-bond donors (Lipinski definition) is 2. The molecule has 96 valence electrons. The molecule has 0 spiro atoms. The summed E-state index contributed by atoms with van der Waals surface area (Å²) < 4.78 is 0. The lowest BCUT2D eigenvalue weighted by atomic mass is 10.1. The first-order valence-electron chi connectivity index (χ1n) is 6.38. The number of benzene rings is 1. The lowest BCUT2D eigenvalue weighted by Crippen LogP contribution is -2.37. The molecule has 4 heteroatoms. The van der Waals surface area contributed by atoms with Gasteiger partial charge in [-0.1, -0.05) is 25.5 Å². The monoisotopic (exact) mass is 246 g/mol. The maximum absolute atomic E-state index is 11.8. The molecule has 0 aliphatic carbocycles. The Bertz CT molecular complexity index is 440. The summed E-state index contributed by atoms with van der Waals surface area (Å²) in [7, 11) is 0. The molecule has 2 N–H and O–H groups in total. The number of hydrogen-bond acceptors (Lipinski definition) is 2. The second-order valence-corrected chi connectivity index (χ2v) is 4.59. The Labute approximate surface area is 107 Å². The van der Waals surface area contributed by atoms with Crippen molar-refractivity contribution < 1.29 is 9.59 Å². The molecule has 1 fully saturated rings. The average Bonchev–Trinajstić information content (AvgIpc) is 2.79. The van der Waals surface area contributed by atoms with E-state index in [1.807, 2.05) is 24.3 Å². The molecule has 0 bridgehead atoms. The van der Waals surface area contributed by atoms with Crippen LogP contribution in [0.2, 0.25) is 0 Å². The van der Waals surface area contributed by atoms with Crippen LogP contribution in [0.1, 0.15) is 31.7 Å². The predicted molar refractivity (Wildman–Crippen MR) is 70.2 cm³/mol. The Kier molecular flexibility index (Phi) is 3.97. The summed E-state index contributed by atoms with van der Waals surface area (Å²) in [5, 5.41) is 5.47. The summed E-state index contributed by atoms with van der Waals surface area (Å²) in [5.41, 5.74) is 2.05. The summed E-state index contributed by atoms with van der Waals surface area (Å²) in [6.45, 7) is 2.14. The fraction of sp³-hybridized carbons (Fsp3) is 0.429. The molecule has 1 unspecified atom stereocenters. The van der Waals surface area contributed by atoms with Crippen LogP contribution < -0.4 is 10.6 Å². The van der Waals surface area contributed by atoms with Crippen molar-refractivity contribution in [2.24, 2.45) is 0 Å². The Morgan fingerprint density at radius 1 is 1.39 bits per heavy atom. The van der Waals surface area contributed by atoms with Crippen molar-refractivity contribution in [3.8, 4) is 0 Å². The number of carbonyl (C=O) groups excluding carboxylic acids is 2. The Morgan fingerprint density at radius 2 is 2.11 bits per heavy atom. The third-order valence-corrected chi connectivity index (χ3v) is 3.07. The highest BCUT2D eigenvalue weighted by atomic mass is 16.2. The van der Waals surface area contributed by atoms with Gasteiger partial charge in [0.15, 0.2) is 0 Å². The third-order valence-electron chi connectivity index (χ3n) is 3.07. The lowest BCUT2D eigenvalue weighted by Gasteiger charge is -2.11. The highest BCUT2D eigenvalue weighted by Gasteiger charge is 2.26. The van der Waals surface area contributed by atoms with Gasteiger partial charge in [0.25, 0.3) is 0 Å². The van der Waals surface area contributed by atoms with Gasteiger partial charge in [-0.2, -0.15) is 0 Å². The minimum atomic E-state index is -0.382. The van der Waals surface area contributed by atoms with E-state index < -0.39 is 0 Å². The van der Waals surface area contributed by atoms with Gasteiger partial charge in [0.05, 0.1) is 0 Å². The van der Waals surface area contributed by atoms with Gasteiger partial charge in [-0.3, -0.25) is 9.59 Å². The highest BCUT2D eigenvalue weighted by Crippen LogP contribution is 2.13. The maximum Gasteiger partial charge on any atom is 0.246 e. The zero-order valence-electron chi connectivity index (χ0n) is 10.5. The molecule has 0 radical (unpaired) electrons. The average molecular weight is 246 g/mol. The number of aryl methyl sites for hydroxylation is 1. The molecule has 1 aliphatic heterocycles. The van der Waals surface area contributed by atoms with E-state index in [1.54, 1.807) is 0 Å². The van der Waals surface area contributed by atoms with Gasteiger partial charge in [-0.05, 0) is 30.5 Å². The molecular formula is C14H18N2O2. The van der Waals surface area contributed by atoms with E-state index in [4.69, 9.17) is 0 Å². The van der Waals surface area contributed by atoms with E-state index in [0.717, 1.165) is 18.5 Å². The van der Waals surface area contributed by atoms with Crippen molar-refractivity contribution in [3.63, 3.8) is 0 Å². The van der Waals surface area contributed by atoms with Gasteiger partial charge in [0, 0.05) is 12.1 Å². The summed E-state index contributed by atoms with van der Waals surface area (Å²) >= 11 is 0. The number of anilines is 1. The fourth-order valence-electron chi connectivity index (χ4n) is 2.08. The molecule has 1 aliphatic rings. The van der Waals surface area contributed by atoms with Gasteiger partial charge >= 0.3 is 0 Å². The van der Waals surface area contributed by atoms with E-state index in [1.165, 1.54) is 5.56 Å². The zero-order valence-corrected chi connectivity index (χ0v) is 10.5. The topological polar surface area (TPSA) is 58.2 Å². The first-order valence-corrected chi connectivity index (χ1v) is 6.38. The van der Waals surface area contributed by atoms with Crippen LogP contribution in [0.4, 0.5) is 5.69 Å². The second kappa shape index (κ2) is 5.67. The van der Waals surface area contributed by atoms with Crippen LogP contribution in [-0.4, -0.2) is 17.9 Å². The highest BCUT2D eigenvalue weighted by molar-refractivity contribution is 5.98. The third kappa shape index (κ3) is 3.09. The van der Waals surface area contributed by atoms with Gasteiger partial charge in [0.1, 0.15) is 6.04 Å². The first-order chi connectivity index (χ1) is 8.69. The van der Waals surface area contributed by atoms with Crippen LogP contribution in [0, 0.1) is 0 Å². The normalized spacial score (nSPS) is 18.5. The van der Waals surface area contributed by atoms with Crippen LogP contribution in [0.3, 0.4) is 0 Å². The van der Waals surface area contributed by atoms with Gasteiger partial charge in [-0.25, -0.2) is 0 Å². The second-order valence-electron chi connectivity index (χ2n) is 4.59. The molecule has 0 saturated carbocycles. The minimum Gasteiger partial charge on any atom is -0.344 e. The molecular weight excluding hydrogens is 228 g/mol. The molecule has 1 heterocycles. The van der Waals surface area contributed by atoms with E-state index in [9.17, 15) is 9.59 Å². The molecule has 2 amide bonds. The van der Waals surface area contributed by atoms with Crippen molar-refractivity contribution in [2.45, 2.75) is 38.6 Å². The molecule has 1 aromatic carbocycles. The summed E-state index contributed by atoms with van der Waals surface area (Å²) in [5.74, 6) is -0.183. The van der Waals surface area contributed by atoms with Crippen LogP contribution in [0.15, 0.2) is 24.3 Å². The van der Waals surface area contributed by atoms with Crippen molar-refractivity contribution in [1.82, 2.24) is 5.32 Å². The van der Waals surface area contributed by atoms with Gasteiger partial charge in [-0.15, -0.1) is 0 Å². The molecule has 18 heavy (non-hydrogen) atoms. The largest absolute Gasteiger partial charge is 0.344 e. The van der Waals surface area contributed by atoms with Crippen LogP contribution in [-0.2, 0) is 16.0 Å². The Morgan fingerprint density at radius 3 is 2.67 bits per heavy atom. The standard InChI is InChI=1S/C14H18N2O2/c1-2-3-10-4-6-11(7-5-10)15-14(18)12-8-9-13(17)16-12/h4-7,12H,2-3,8-9H2,1H3,(H,15,18)(H,16,17). The van der Waals surface area contributed by atoms with Crippen molar-refractivity contribution in [2.75, 3.05) is 5.32 Å². The van der Waals surface area contributed by atoms with Crippen molar-refractivity contribution >= 4 is 17.5 Å². The van der Waals surface area contributed by atoms with E-state index >= 15 is 0 Å². The number of nitrogens with one attached hydrogen (secondary N) is 2. The smallest absolute Gasteiger partial charge is 0.246 e. The van der Waals surface area contributed by atoms with E-state index in [2.05, 4.69) is 17.6 Å².